The number of ether oxygens (including phenoxy) is 2. The Labute approximate surface area is 189 Å². The first-order valence-corrected chi connectivity index (χ1v) is 10.4. The molecule has 1 unspecified atom stereocenters. The minimum absolute atomic E-state index is 0.0104. The quantitative estimate of drug-likeness (QED) is 0.515. The van der Waals surface area contributed by atoms with E-state index in [0.717, 1.165) is 15.4 Å². The highest BCUT2D eigenvalue weighted by Crippen LogP contribution is 2.49. The molecule has 0 bridgehead atoms. The molecule has 0 aliphatic carbocycles. The van der Waals surface area contributed by atoms with Crippen LogP contribution in [0.25, 0.3) is 0 Å². The number of carbonyl (C=O) groups excluding carboxylic acids is 4. The zero-order chi connectivity index (χ0) is 23.9. The number of esters is 1. The fourth-order valence-corrected chi connectivity index (χ4v) is 4.67. The van der Waals surface area contributed by atoms with E-state index in [-0.39, 0.29) is 31.4 Å². The predicted molar refractivity (Wildman–Crippen MR) is 110 cm³/mol. The lowest BCUT2D eigenvalue weighted by molar-refractivity contribution is -0.160. The summed E-state index contributed by atoms with van der Waals surface area (Å²) < 4.78 is 10.2. The van der Waals surface area contributed by atoms with E-state index in [1.54, 1.807) is 24.3 Å². The number of hydrogen-bond donors (Lipinski definition) is 1. The molecular weight excluding hydrogens is 434 g/mol. The molecule has 0 spiro atoms. The first kappa shape index (κ1) is 22.3. The zero-order valence-electron chi connectivity index (χ0n) is 18.1. The minimum atomic E-state index is -1.29. The van der Waals surface area contributed by atoms with Gasteiger partial charge in [-0.2, -0.15) is 0 Å². The van der Waals surface area contributed by atoms with Gasteiger partial charge in [0.15, 0.2) is 0 Å². The molecule has 174 valence electrons. The van der Waals surface area contributed by atoms with Crippen molar-refractivity contribution in [2.45, 2.75) is 32.0 Å². The molecule has 3 aliphatic rings. The maximum absolute atomic E-state index is 13.0. The molecule has 11 nitrogen and oxygen atoms in total. The summed E-state index contributed by atoms with van der Waals surface area (Å²) in [5.74, 6) is -2.75. The van der Waals surface area contributed by atoms with Crippen LogP contribution in [0.3, 0.4) is 0 Å². The molecule has 4 rings (SSSR count). The second-order valence-electron chi connectivity index (χ2n) is 8.07. The molecule has 1 N–H and O–H groups in total. The van der Waals surface area contributed by atoms with Gasteiger partial charge in [0, 0.05) is 32.0 Å². The largest absolute Gasteiger partial charge is 0.477 e. The smallest absolute Gasteiger partial charge is 0.418 e. The number of carbonyl (C=O) groups is 5. The Morgan fingerprint density at radius 3 is 2.45 bits per heavy atom. The molecule has 0 radical (unpaired) electrons. The van der Waals surface area contributed by atoms with Crippen molar-refractivity contribution in [3.8, 4) is 0 Å². The highest BCUT2D eigenvalue weighted by atomic mass is 16.6. The number of nitrogens with zero attached hydrogens (tertiary/aromatic N) is 3. The minimum Gasteiger partial charge on any atom is -0.477 e. The average molecular weight is 457 g/mol. The number of urea groups is 1. The molecule has 0 saturated carbocycles. The highest BCUT2D eigenvalue weighted by molar-refractivity contribution is 6.04. The topological polar surface area (TPSA) is 134 Å². The number of rotatable bonds is 5. The van der Waals surface area contributed by atoms with Gasteiger partial charge in [0.2, 0.25) is 0 Å². The second-order valence-corrected chi connectivity index (χ2v) is 8.07. The summed E-state index contributed by atoms with van der Waals surface area (Å²) in [6, 6.07) is 6.82. The number of carboxylic acid groups (broad SMARTS) is 1. The average Bonchev–Trinajstić information content (AvgIpc) is 3.13. The van der Waals surface area contributed by atoms with Crippen molar-refractivity contribution >= 4 is 30.0 Å². The van der Waals surface area contributed by atoms with Crippen molar-refractivity contribution < 1.29 is 38.6 Å². The van der Waals surface area contributed by atoms with Crippen LogP contribution in [0.15, 0.2) is 41.6 Å². The summed E-state index contributed by atoms with van der Waals surface area (Å²) >= 11 is 0. The van der Waals surface area contributed by atoms with E-state index in [1.165, 1.54) is 18.9 Å². The fraction of sp³-hybridized carbons (Fsp3) is 0.409. The summed E-state index contributed by atoms with van der Waals surface area (Å²) in [5, 5.41) is 9.66. The number of imide groups is 1. The van der Waals surface area contributed by atoms with Crippen molar-refractivity contribution in [1.29, 1.82) is 0 Å². The Morgan fingerprint density at radius 1 is 1.12 bits per heavy atom. The molecule has 1 aromatic rings. The molecule has 3 aliphatic heterocycles. The van der Waals surface area contributed by atoms with E-state index >= 15 is 0 Å². The van der Waals surface area contributed by atoms with Gasteiger partial charge in [0.25, 0.3) is 5.91 Å². The molecular formula is C22H23N3O8. The summed E-state index contributed by atoms with van der Waals surface area (Å²) in [4.78, 5) is 64.6. The van der Waals surface area contributed by atoms with E-state index in [9.17, 15) is 29.1 Å². The van der Waals surface area contributed by atoms with E-state index in [2.05, 4.69) is 0 Å². The number of benzene rings is 1. The number of hydrogen-bond acceptors (Lipinski definition) is 7. The Bertz CT molecular complexity index is 1050. The van der Waals surface area contributed by atoms with Gasteiger partial charge in [-0.1, -0.05) is 30.3 Å². The summed E-state index contributed by atoms with van der Waals surface area (Å²) in [6.45, 7) is 1.11. The van der Waals surface area contributed by atoms with Crippen LogP contribution in [0.4, 0.5) is 9.59 Å². The maximum atomic E-state index is 13.0. The van der Waals surface area contributed by atoms with Gasteiger partial charge < -0.3 is 19.5 Å². The lowest BCUT2D eigenvalue weighted by Gasteiger charge is -2.53. The monoisotopic (exact) mass is 457 g/mol. The Hall–Kier alpha value is -3.89. The molecule has 3 atom stereocenters. The lowest BCUT2D eigenvalue weighted by Crippen LogP contribution is -2.74. The van der Waals surface area contributed by atoms with Crippen LogP contribution in [0.2, 0.25) is 0 Å². The van der Waals surface area contributed by atoms with Crippen molar-refractivity contribution in [2.75, 3.05) is 20.2 Å². The van der Waals surface area contributed by atoms with Crippen LogP contribution in [-0.2, 0) is 30.5 Å². The first-order chi connectivity index (χ1) is 15.7. The molecule has 11 heteroatoms. The van der Waals surface area contributed by atoms with Gasteiger partial charge >= 0.3 is 24.1 Å². The second kappa shape index (κ2) is 8.57. The van der Waals surface area contributed by atoms with Gasteiger partial charge in [-0.3, -0.25) is 14.5 Å². The van der Waals surface area contributed by atoms with Crippen molar-refractivity contribution in [2.24, 2.45) is 5.92 Å². The van der Waals surface area contributed by atoms with Gasteiger partial charge in [-0.15, -0.1) is 0 Å². The van der Waals surface area contributed by atoms with Crippen LogP contribution in [-0.4, -0.2) is 82.1 Å². The van der Waals surface area contributed by atoms with Crippen LogP contribution >= 0.6 is 0 Å². The Morgan fingerprint density at radius 2 is 1.82 bits per heavy atom. The van der Waals surface area contributed by atoms with Crippen molar-refractivity contribution in [3.05, 3.63) is 47.2 Å². The van der Waals surface area contributed by atoms with Crippen molar-refractivity contribution in [3.63, 3.8) is 0 Å². The third kappa shape index (κ3) is 3.79. The molecule has 0 aromatic heterocycles. The number of carboxylic acids is 1. The van der Waals surface area contributed by atoms with Crippen LogP contribution in [0.5, 0.6) is 0 Å². The number of piperidine rings is 1. The van der Waals surface area contributed by atoms with Gasteiger partial charge in [0.05, 0.1) is 6.04 Å². The van der Waals surface area contributed by atoms with Crippen molar-refractivity contribution in [1.82, 2.24) is 14.7 Å². The number of likely N-dealkylation sites (tertiary alicyclic amines) is 1. The number of aliphatic carboxylic acids is 1. The maximum Gasteiger partial charge on any atom is 0.418 e. The van der Waals surface area contributed by atoms with Gasteiger partial charge in [-0.25, -0.2) is 19.3 Å². The molecule has 2 saturated heterocycles. The summed E-state index contributed by atoms with van der Waals surface area (Å²) in [6.07, 6.45) is -0.502. The summed E-state index contributed by atoms with van der Waals surface area (Å²) in [7, 11) is 1.27. The molecule has 4 amide bonds. The Kier molecular flexibility index (Phi) is 5.79. The normalized spacial score (nSPS) is 23.0. The van der Waals surface area contributed by atoms with E-state index in [1.807, 2.05) is 6.07 Å². The third-order valence-corrected chi connectivity index (χ3v) is 6.18. The van der Waals surface area contributed by atoms with Crippen LogP contribution in [0, 0.1) is 5.92 Å². The molecule has 33 heavy (non-hydrogen) atoms. The first-order valence-electron chi connectivity index (χ1n) is 10.4. The number of β-lactam (4-membered cyclic amide) rings is 1. The van der Waals surface area contributed by atoms with Gasteiger partial charge in [-0.05, 0) is 12.0 Å². The SMILES string of the molecule is CC(=O)OCC1=C(C(=O)O)N2C(=O)[C@@H]3[C@H]2C1CCN3C(=O)N(C)C(=O)OCc1ccccc1. The Balaban J connectivity index is 1.46. The van der Waals surface area contributed by atoms with Crippen LogP contribution < -0.4 is 0 Å². The van der Waals surface area contributed by atoms with Gasteiger partial charge in [0.1, 0.15) is 25.0 Å². The zero-order valence-corrected chi connectivity index (χ0v) is 18.1. The molecule has 1 aromatic carbocycles. The lowest BCUT2D eigenvalue weighted by atomic mass is 9.78. The number of amides is 4. The molecule has 3 heterocycles. The third-order valence-electron chi connectivity index (χ3n) is 6.18. The highest BCUT2D eigenvalue weighted by Gasteiger charge is 2.64. The standard InChI is InChI=1S/C22H23N3O8/c1-12(26)32-11-15-14-8-9-24(18-16(14)25(19(18)27)17(15)20(28)29)21(30)23(2)22(31)33-10-13-6-4-3-5-7-13/h3-7,14,16,18H,8-11H2,1-2H3,(H,28,29)/t14?,16-,18+/m1/s1. The van der Waals surface area contributed by atoms with Crippen LogP contribution in [0.1, 0.15) is 18.9 Å². The van der Waals surface area contributed by atoms with E-state index in [4.69, 9.17) is 9.47 Å². The fourth-order valence-electron chi connectivity index (χ4n) is 4.67. The summed E-state index contributed by atoms with van der Waals surface area (Å²) in [5.41, 5.74) is 0.926. The van der Waals surface area contributed by atoms with E-state index < -0.39 is 42.1 Å². The molecule has 2 fully saturated rings. The predicted octanol–water partition coefficient (Wildman–Crippen LogP) is 1.19. The van der Waals surface area contributed by atoms with E-state index in [0.29, 0.717) is 12.0 Å².